The van der Waals surface area contributed by atoms with E-state index in [9.17, 15) is 9.59 Å². The molecule has 2 saturated carbocycles. The van der Waals surface area contributed by atoms with Crippen molar-refractivity contribution in [1.29, 1.82) is 0 Å². The van der Waals surface area contributed by atoms with Gasteiger partial charge in [0, 0.05) is 56.6 Å². The number of amides is 2. The second-order valence-corrected chi connectivity index (χ2v) is 11.7. The molecule has 2 atom stereocenters. The first kappa shape index (κ1) is 25.6. The van der Waals surface area contributed by atoms with E-state index in [0.29, 0.717) is 23.8 Å². The Labute approximate surface area is 217 Å². The normalized spacial score (nSPS) is 26.9. The molecule has 1 aromatic carbocycles. The molecule has 0 N–H and O–H groups in total. The van der Waals surface area contributed by atoms with Crippen LogP contribution in [0, 0.1) is 11.8 Å². The number of benzene rings is 1. The van der Waals surface area contributed by atoms with Crippen LogP contribution in [0.2, 0.25) is 0 Å². The fourth-order valence-corrected chi connectivity index (χ4v) is 7.46. The van der Waals surface area contributed by atoms with Gasteiger partial charge in [-0.1, -0.05) is 62.4 Å². The highest BCUT2D eigenvalue weighted by Crippen LogP contribution is 2.36. The topological polar surface area (TPSA) is 53.1 Å². The predicted octanol–water partition coefficient (Wildman–Crippen LogP) is 5.28. The van der Waals surface area contributed by atoms with E-state index in [0.717, 1.165) is 58.4 Å². The van der Waals surface area contributed by atoms with Crippen molar-refractivity contribution in [1.82, 2.24) is 14.7 Å². The average molecular weight is 496 g/mol. The molecule has 0 unspecified atom stereocenters. The molecule has 4 aliphatic rings. The molecule has 0 spiro atoms. The molecule has 0 aromatic heterocycles. The predicted molar refractivity (Wildman–Crippen MR) is 142 cm³/mol. The first-order chi connectivity index (χ1) is 17.6. The summed E-state index contributed by atoms with van der Waals surface area (Å²) in [6.45, 7) is 4.46. The zero-order valence-electron chi connectivity index (χ0n) is 22.2. The number of nitrogens with zero attached hydrogens (tertiary/aromatic N) is 3. The molecule has 2 aliphatic heterocycles. The minimum absolute atomic E-state index is 0.160. The Morgan fingerprint density at radius 3 is 2.22 bits per heavy atom. The van der Waals surface area contributed by atoms with Gasteiger partial charge in [-0.05, 0) is 50.0 Å². The van der Waals surface area contributed by atoms with Crippen LogP contribution in [0.5, 0.6) is 0 Å². The third-order valence-corrected chi connectivity index (χ3v) is 9.53. The van der Waals surface area contributed by atoms with Crippen molar-refractivity contribution in [2.24, 2.45) is 11.8 Å². The molecular weight excluding hydrogens is 450 g/mol. The number of carbonyl (C=O) groups excluding carboxylic acids is 2. The van der Waals surface area contributed by atoms with E-state index in [2.05, 4.69) is 40.1 Å². The average Bonchev–Trinajstić information content (AvgIpc) is 3.63. The number of hydrogen-bond acceptors (Lipinski definition) is 4. The summed E-state index contributed by atoms with van der Waals surface area (Å²) in [6.07, 6.45) is 12.6. The summed E-state index contributed by atoms with van der Waals surface area (Å²) in [4.78, 5) is 33.0. The molecule has 0 radical (unpaired) electrons. The first-order valence-corrected chi connectivity index (χ1v) is 14.6. The molecule has 6 nitrogen and oxygen atoms in total. The Kier molecular flexibility index (Phi) is 8.51. The second-order valence-electron chi connectivity index (χ2n) is 11.7. The van der Waals surface area contributed by atoms with Crippen molar-refractivity contribution in [3.8, 4) is 0 Å². The van der Waals surface area contributed by atoms with Crippen molar-refractivity contribution < 1.29 is 14.3 Å². The highest BCUT2D eigenvalue weighted by molar-refractivity contribution is 5.79. The van der Waals surface area contributed by atoms with Gasteiger partial charge in [-0.2, -0.15) is 0 Å². The Balaban J connectivity index is 1.26. The second kappa shape index (κ2) is 12.0. The van der Waals surface area contributed by atoms with Crippen molar-refractivity contribution in [3.63, 3.8) is 0 Å². The van der Waals surface area contributed by atoms with Crippen LogP contribution in [0.1, 0.15) is 82.1 Å². The lowest BCUT2D eigenvalue weighted by Gasteiger charge is -2.42. The molecule has 2 aliphatic carbocycles. The number of ether oxygens (including phenoxy) is 1. The van der Waals surface area contributed by atoms with Gasteiger partial charge in [0.25, 0.3) is 0 Å². The van der Waals surface area contributed by atoms with Gasteiger partial charge in [0.05, 0.1) is 7.11 Å². The quantitative estimate of drug-likeness (QED) is 0.539. The summed E-state index contributed by atoms with van der Waals surface area (Å²) in [5.74, 6) is 1.59. The monoisotopic (exact) mass is 495 g/mol. The number of hydrogen-bond donors (Lipinski definition) is 0. The maximum absolute atomic E-state index is 13.5. The van der Waals surface area contributed by atoms with Gasteiger partial charge < -0.3 is 14.5 Å². The molecule has 2 amide bonds. The van der Waals surface area contributed by atoms with Gasteiger partial charge in [-0.3, -0.25) is 9.69 Å². The number of methoxy groups -OCH3 is 1. The van der Waals surface area contributed by atoms with E-state index in [4.69, 9.17) is 4.74 Å². The van der Waals surface area contributed by atoms with Crippen LogP contribution in [0.3, 0.4) is 0 Å². The number of likely N-dealkylation sites (tertiary alicyclic amines) is 2. The smallest absolute Gasteiger partial charge is 0.409 e. The van der Waals surface area contributed by atoms with Crippen LogP contribution in [0.25, 0.3) is 0 Å². The molecule has 6 heteroatoms. The molecule has 2 heterocycles. The molecule has 5 rings (SSSR count). The van der Waals surface area contributed by atoms with E-state index < -0.39 is 0 Å². The maximum Gasteiger partial charge on any atom is 0.409 e. The standard InChI is InChI=1S/C30H45N3O3/c1-36-30(35)33(20-23-10-8-9-11-23)26-16-18-31(19-17-26)28-22-32(29(34)25-14-6-3-7-15-25)21-27(28)24-12-4-2-5-13-24/h2,4-5,12-13,23,25-28H,3,6-11,14-22H2,1H3/t27-,28+/m1/s1. The van der Waals surface area contributed by atoms with Crippen molar-refractivity contribution in [2.45, 2.75) is 88.6 Å². The van der Waals surface area contributed by atoms with E-state index in [1.54, 1.807) is 0 Å². The van der Waals surface area contributed by atoms with Gasteiger partial charge in [0.1, 0.15) is 0 Å². The number of rotatable bonds is 6. The molecule has 2 saturated heterocycles. The number of piperidine rings is 1. The summed E-state index contributed by atoms with van der Waals surface area (Å²) in [6, 6.07) is 11.4. The molecule has 198 valence electrons. The maximum atomic E-state index is 13.5. The third kappa shape index (κ3) is 5.74. The van der Waals surface area contributed by atoms with E-state index >= 15 is 0 Å². The minimum atomic E-state index is -0.160. The van der Waals surface area contributed by atoms with E-state index in [1.165, 1.54) is 57.6 Å². The largest absolute Gasteiger partial charge is 0.453 e. The van der Waals surface area contributed by atoms with E-state index in [1.807, 2.05) is 4.90 Å². The summed E-state index contributed by atoms with van der Waals surface area (Å²) < 4.78 is 5.20. The van der Waals surface area contributed by atoms with Gasteiger partial charge >= 0.3 is 6.09 Å². The SMILES string of the molecule is COC(=O)N(CC1CCCC1)C1CCN([C@H]2CN(C(=O)C3CCCCC3)C[C@@H]2c2ccccc2)CC1. The Morgan fingerprint density at radius 2 is 1.56 bits per heavy atom. The fraction of sp³-hybridized carbons (Fsp3) is 0.733. The summed E-state index contributed by atoms with van der Waals surface area (Å²) in [7, 11) is 1.51. The minimum Gasteiger partial charge on any atom is -0.453 e. The number of carbonyl (C=O) groups is 2. The Hall–Kier alpha value is -2.08. The summed E-state index contributed by atoms with van der Waals surface area (Å²) in [5.41, 5.74) is 1.35. The third-order valence-electron chi connectivity index (χ3n) is 9.53. The van der Waals surface area contributed by atoms with Crippen LogP contribution < -0.4 is 0 Å². The summed E-state index contributed by atoms with van der Waals surface area (Å²) in [5, 5.41) is 0. The van der Waals surface area contributed by atoms with Gasteiger partial charge in [0.2, 0.25) is 5.91 Å². The van der Waals surface area contributed by atoms with Crippen molar-refractivity contribution in [2.75, 3.05) is 39.8 Å². The Morgan fingerprint density at radius 1 is 0.889 bits per heavy atom. The van der Waals surface area contributed by atoms with Crippen LogP contribution in [-0.2, 0) is 9.53 Å². The highest BCUT2D eigenvalue weighted by atomic mass is 16.5. The van der Waals surface area contributed by atoms with Crippen molar-refractivity contribution in [3.05, 3.63) is 35.9 Å². The summed E-state index contributed by atoms with van der Waals surface area (Å²) >= 11 is 0. The molecule has 1 aromatic rings. The molecular formula is C30H45N3O3. The van der Waals surface area contributed by atoms with Crippen LogP contribution in [0.4, 0.5) is 4.79 Å². The van der Waals surface area contributed by atoms with Gasteiger partial charge in [0.15, 0.2) is 0 Å². The van der Waals surface area contributed by atoms with Crippen LogP contribution in [0.15, 0.2) is 30.3 Å². The highest BCUT2D eigenvalue weighted by Gasteiger charge is 2.42. The van der Waals surface area contributed by atoms with Crippen LogP contribution in [-0.4, -0.2) is 78.6 Å². The van der Waals surface area contributed by atoms with Gasteiger partial charge in [-0.15, -0.1) is 0 Å². The molecule has 36 heavy (non-hydrogen) atoms. The van der Waals surface area contributed by atoms with Gasteiger partial charge in [-0.25, -0.2) is 4.79 Å². The lowest BCUT2D eigenvalue weighted by atomic mass is 9.88. The van der Waals surface area contributed by atoms with E-state index in [-0.39, 0.29) is 18.1 Å². The fourth-order valence-electron chi connectivity index (χ4n) is 7.46. The van der Waals surface area contributed by atoms with Crippen LogP contribution >= 0.6 is 0 Å². The first-order valence-electron chi connectivity index (χ1n) is 14.6. The Bertz CT molecular complexity index is 857. The van der Waals surface area contributed by atoms with Crippen molar-refractivity contribution >= 4 is 12.0 Å². The zero-order chi connectivity index (χ0) is 24.9. The molecule has 4 fully saturated rings. The zero-order valence-corrected chi connectivity index (χ0v) is 22.2. The molecule has 0 bridgehead atoms. The lowest BCUT2D eigenvalue weighted by Crippen LogP contribution is -2.52. The lowest BCUT2D eigenvalue weighted by molar-refractivity contribution is -0.135.